The van der Waals surface area contributed by atoms with Crippen molar-refractivity contribution >= 4 is 0 Å². The molecule has 0 aromatic rings. The molecule has 19 heavy (non-hydrogen) atoms. The Bertz CT molecular complexity index is 192. The van der Waals surface area contributed by atoms with E-state index in [1.165, 1.54) is 70.6 Å². The van der Waals surface area contributed by atoms with E-state index in [4.69, 9.17) is 4.74 Å². The highest BCUT2D eigenvalue weighted by Gasteiger charge is 2.25. The van der Waals surface area contributed by atoms with E-state index in [0.717, 1.165) is 13.2 Å². The molecule has 1 rings (SSSR count). The van der Waals surface area contributed by atoms with Gasteiger partial charge < -0.3 is 10.1 Å². The van der Waals surface area contributed by atoms with Gasteiger partial charge in [0.15, 0.2) is 0 Å². The molecule has 0 amide bonds. The van der Waals surface area contributed by atoms with E-state index in [9.17, 15) is 0 Å². The third-order valence-corrected chi connectivity index (χ3v) is 4.10. The summed E-state index contributed by atoms with van der Waals surface area (Å²) in [6.07, 6.45) is 16.0. The van der Waals surface area contributed by atoms with Crippen LogP contribution in [0.3, 0.4) is 0 Å². The summed E-state index contributed by atoms with van der Waals surface area (Å²) in [5, 5.41) is 3.60. The zero-order valence-electron chi connectivity index (χ0n) is 13.3. The van der Waals surface area contributed by atoms with E-state index in [1.807, 2.05) is 0 Å². The maximum atomic E-state index is 5.34. The number of rotatable bonds is 14. The molecule has 0 aromatic carbocycles. The number of unbranched alkanes of at least 4 members (excludes halogenated alkanes) is 8. The maximum Gasteiger partial charge on any atom is 0.0824 e. The first-order valence-electron chi connectivity index (χ1n) is 8.71. The summed E-state index contributed by atoms with van der Waals surface area (Å²) in [5.41, 5.74) is 0. The van der Waals surface area contributed by atoms with E-state index in [1.54, 1.807) is 0 Å². The van der Waals surface area contributed by atoms with Gasteiger partial charge in [-0.25, -0.2) is 0 Å². The summed E-state index contributed by atoms with van der Waals surface area (Å²) in [7, 11) is 0. The SMILES string of the molecule is CCCCCCCCCCCC(CC1CO1)NCC. The van der Waals surface area contributed by atoms with Gasteiger partial charge in [-0.3, -0.25) is 0 Å². The van der Waals surface area contributed by atoms with Gasteiger partial charge in [-0.05, 0) is 19.4 Å². The van der Waals surface area contributed by atoms with Crippen molar-refractivity contribution in [3.05, 3.63) is 0 Å². The minimum Gasteiger partial charge on any atom is -0.373 e. The number of epoxide rings is 1. The van der Waals surface area contributed by atoms with Crippen molar-refractivity contribution in [1.82, 2.24) is 5.32 Å². The summed E-state index contributed by atoms with van der Waals surface area (Å²) in [6.45, 7) is 6.58. The highest BCUT2D eigenvalue weighted by molar-refractivity contribution is 4.78. The second kappa shape index (κ2) is 11.7. The lowest BCUT2D eigenvalue weighted by atomic mass is 10.0. The maximum absolute atomic E-state index is 5.34. The van der Waals surface area contributed by atoms with Crippen molar-refractivity contribution in [3.8, 4) is 0 Å². The first kappa shape index (κ1) is 17.0. The van der Waals surface area contributed by atoms with Crippen LogP contribution in [0.1, 0.15) is 84.5 Å². The van der Waals surface area contributed by atoms with E-state index in [2.05, 4.69) is 19.2 Å². The van der Waals surface area contributed by atoms with Crippen LogP contribution >= 0.6 is 0 Å². The minimum absolute atomic E-state index is 0.572. The molecular weight excluding hydrogens is 234 g/mol. The van der Waals surface area contributed by atoms with Gasteiger partial charge in [0.2, 0.25) is 0 Å². The minimum atomic E-state index is 0.572. The normalized spacial score (nSPS) is 19.6. The van der Waals surface area contributed by atoms with Crippen LogP contribution in [0.4, 0.5) is 0 Å². The Balaban J connectivity index is 1.84. The molecule has 114 valence electrons. The van der Waals surface area contributed by atoms with Gasteiger partial charge in [-0.2, -0.15) is 0 Å². The topological polar surface area (TPSA) is 24.6 Å². The molecule has 1 fully saturated rings. The molecule has 0 aliphatic carbocycles. The Hall–Kier alpha value is -0.0800. The van der Waals surface area contributed by atoms with Gasteiger partial charge in [0.1, 0.15) is 0 Å². The number of ether oxygens (including phenoxy) is 1. The molecule has 0 saturated carbocycles. The predicted molar refractivity (Wildman–Crippen MR) is 83.7 cm³/mol. The van der Waals surface area contributed by atoms with Crippen LogP contribution < -0.4 is 5.32 Å². The molecule has 1 saturated heterocycles. The van der Waals surface area contributed by atoms with Crippen LogP contribution in [0.5, 0.6) is 0 Å². The molecule has 2 unspecified atom stereocenters. The molecule has 1 aliphatic heterocycles. The average molecular weight is 269 g/mol. The summed E-state index contributed by atoms with van der Waals surface area (Å²) < 4.78 is 5.34. The molecule has 2 heteroatoms. The van der Waals surface area contributed by atoms with E-state index in [-0.39, 0.29) is 0 Å². The number of nitrogens with one attached hydrogen (secondary N) is 1. The fraction of sp³-hybridized carbons (Fsp3) is 1.00. The summed E-state index contributed by atoms with van der Waals surface area (Å²) in [4.78, 5) is 0. The van der Waals surface area contributed by atoms with Gasteiger partial charge in [-0.1, -0.05) is 71.6 Å². The van der Waals surface area contributed by atoms with Crippen molar-refractivity contribution < 1.29 is 4.74 Å². The van der Waals surface area contributed by atoms with Crippen molar-refractivity contribution in [2.75, 3.05) is 13.2 Å². The molecular formula is C17H35NO. The Labute approximate surface area is 120 Å². The Morgan fingerprint density at radius 3 is 2.05 bits per heavy atom. The van der Waals surface area contributed by atoms with Crippen LogP contribution in [-0.4, -0.2) is 25.3 Å². The van der Waals surface area contributed by atoms with Crippen LogP contribution in [0.2, 0.25) is 0 Å². The summed E-state index contributed by atoms with van der Waals surface area (Å²) in [5.74, 6) is 0. The highest BCUT2D eigenvalue weighted by Crippen LogP contribution is 2.19. The molecule has 1 heterocycles. The monoisotopic (exact) mass is 269 g/mol. The van der Waals surface area contributed by atoms with Crippen molar-refractivity contribution in [2.24, 2.45) is 0 Å². The van der Waals surface area contributed by atoms with Gasteiger partial charge in [-0.15, -0.1) is 0 Å². The molecule has 1 N–H and O–H groups in total. The molecule has 0 aromatic heterocycles. The molecule has 2 atom stereocenters. The van der Waals surface area contributed by atoms with Crippen molar-refractivity contribution in [1.29, 1.82) is 0 Å². The quantitative estimate of drug-likeness (QED) is 0.366. The van der Waals surface area contributed by atoms with Gasteiger partial charge in [0, 0.05) is 6.04 Å². The zero-order valence-corrected chi connectivity index (χ0v) is 13.3. The van der Waals surface area contributed by atoms with Crippen molar-refractivity contribution in [3.63, 3.8) is 0 Å². The first-order chi connectivity index (χ1) is 9.36. The standard InChI is InChI=1S/C17H35NO/c1-3-5-6-7-8-9-10-11-12-13-16(18-4-2)14-17-15-19-17/h16-18H,3-15H2,1-2H3. The fourth-order valence-electron chi connectivity index (χ4n) is 2.81. The first-order valence-corrected chi connectivity index (χ1v) is 8.71. The Morgan fingerprint density at radius 2 is 1.53 bits per heavy atom. The lowest BCUT2D eigenvalue weighted by Crippen LogP contribution is -2.30. The molecule has 0 bridgehead atoms. The van der Waals surface area contributed by atoms with E-state index in [0.29, 0.717) is 12.1 Å². The smallest absolute Gasteiger partial charge is 0.0824 e. The molecule has 2 nitrogen and oxygen atoms in total. The third-order valence-electron chi connectivity index (χ3n) is 4.10. The molecule has 1 aliphatic rings. The van der Waals surface area contributed by atoms with Crippen LogP contribution in [0.15, 0.2) is 0 Å². The van der Waals surface area contributed by atoms with E-state index >= 15 is 0 Å². The van der Waals surface area contributed by atoms with Crippen LogP contribution in [0, 0.1) is 0 Å². The third kappa shape index (κ3) is 10.4. The Morgan fingerprint density at radius 1 is 0.947 bits per heavy atom. The molecule has 0 spiro atoms. The fourth-order valence-corrected chi connectivity index (χ4v) is 2.81. The second-order valence-electron chi connectivity index (χ2n) is 6.06. The van der Waals surface area contributed by atoms with Gasteiger partial charge in [0.05, 0.1) is 12.7 Å². The molecule has 0 radical (unpaired) electrons. The average Bonchev–Trinajstić information content (AvgIpc) is 3.21. The summed E-state index contributed by atoms with van der Waals surface area (Å²) >= 11 is 0. The predicted octanol–water partition coefficient (Wildman–Crippen LogP) is 4.67. The Kier molecular flexibility index (Phi) is 10.5. The van der Waals surface area contributed by atoms with Gasteiger partial charge >= 0.3 is 0 Å². The number of hydrogen-bond acceptors (Lipinski definition) is 2. The largest absolute Gasteiger partial charge is 0.373 e. The van der Waals surface area contributed by atoms with E-state index < -0.39 is 0 Å². The summed E-state index contributed by atoms with van der Waals surface area (Å²) in [6, 6.07) is 0.696. The lowest BCUT2D eigenvalue weighted by molar-refractivity contribution is 0.348. The van der Waals surface area contributed by atoms with Crippen molar-refractivity contribution in [2.45, 2.75) is 96.6 Å². The van der Waals surface area contributed by atoms with Crippen LogP contribution in [-0.2, 0) is 4.74 Å². The zero-order chi connectivity index (χ0) is 13.8. The van der Waals surface area contributed by atoms with Crippen LogP contribution in [0.25, 0.3) is 0 Å². The van der Waals surface area contributed by atoms with Gasteiger partial charge in [0.25, 0.3) is 0 Å². The highest BCUT2D eigenvalue weighted by atomic mass is 16.6. The number of hydrogen-bond donors (Lipinski definition) is 1. The second-order valence-corrected chi connectivity index (χ2v) is 6.06. The lowest BCUT2D eigenvalue weighted by Gasteiger charge is -2.16.